The van der Waals surface area contributed by atoms with Gasteiger partial charge >= 0.3 is 0 Å². The van der Waals surface area contributed by atoms with Crippen LogP contribution in [-0.2, 0) is 0 Å². The van der Waals surface area contributed by atoms with Gasteiger partial charge in [0.2, 0.25) is 5.95 Å². The molecule has 2 aromatic heterocycles. The van der Waals surface area contributed by atoms with Crippen LogP contribution in [0.5, 0.6) is 0 Å². The molecule has 0 atom stereocenters. The van der Waals surface area contributed by atoms with Crippen molar-refractivity contribution < 1.29 is 0 Å². The van der Waals surface area contributed by atoms with E-state index in [9.17, 15) is 0 Å². The highest BCUT2D eigenvalue weighted by atomic mass is 79.9. The SMILES string of the molecule is CC1CCC(CNc2nc3nc(Br)ccc3[nH]2)CC1. The van der Waals surface area contributed by atoms with E-state index in [1.165, 1.54) is 25.7 Å². The molecular formula is C14H19BrN4. The Morgan fingerprint density at radius 3 is 2.84 bits per heavy atom. The number of H-pyrrole nitrogens is 1. The molecule has 2 aromatic rings. The first-order valence-corrected chi connectivity index (χ1v) is 7.76. The van der Waals surface area contributed by atoms with Gasteiger partial charge in [0.15, 0.2) is 5.65 Å². The molecule has 0 aliphatic heterocycles. The Balaban J connectivity index is 1.62. The maximum absolute atomic E-state index is 4.47. The quantitative estimate of drug-likeness (QED) is 0.841. The normalized spacial score (nSPS) is 23.7. The van der Waals surface area contributed by atoms with Gasteiger partial charge < -0.3 is 10.3 Å². The van der Waals surface area contributed by atoms with Gasteiger partial charge in [-0.05, 0) is 52.7 Å². The van der Waals surface area contributed by atoms with Crippen LogP contribution in [0.1, 0.15) is 32.6 Å². The average molecular weight is 323 g/mol. The molecule has 3 rings (SSSR count). The summed E-state index contributed by atoms with van der Waals surface area (Å²) >= 11 is 3.36. The van der Waals surface area contributed by atoms with Gasteiger partial charge in [-0.15, -0.1) is 0 Å². The van der Waals surface area contributed by atoms with Crippen molar-refractivity contribution in [2.24, 2.45) is 11.8 Å². The second kappa shape index (κ2) is 5.49. The van der Waals surface area contributed by atoms with Crippen LogP contribution in [0.2, 0.25) is 0 Å². The first kappa shape index (κ1) is 12.9. The summed E-state index contributed by atoms with van der Waals surface area (Å²) < 4.78 is 0.819. The van der Waals surface area contributed by atoms with Gasteiger partial charge in [0.1, 0.15) is 4.60 Å². The number of nitrogens with one attached hydrogen (secondary N) is 2. The van der Waals surface area contributed by atoms with Gasteiger partial charge in [-0.2, -0.15) is 4.98 Å². The van der Waals surface area contributed by atoms with E-state index in [2.05, 4.69) is 43.1 Å². The van der Waals surface area contributed by atoms with E-state index in [4.69, 9.17) is 0 Å². The van der Waals surface area contributed by atoms with Gasteiger partial charge in [0.05, 0.1) is 5.52 Å². The molecule has 1 fully saturated rings. The number of nitrogens with zero attached hydrogens (tertiary/aromatic N) is 2. The van der Waals surface area contributed by atoms with Crippen LogP contribution in [0.25, 0.3) is 11.2 Å². The fraction of sp³-hybridized carbons (Fsp3) is 0.571. The second-order valence-electron chi connectivity index (χ2n) is 5.60. The molecule has 1 aliphatic carbocycles. The highest BCUT2D eigenvalue weighted by Gasteiger charge is 2.18. The number of halogens is 1. The Hall–Kier alpha value is -1.10. The van der Waals surface area contributed by atoms with E-state index in [1.54, 1.807) is 0 Å². The smallest absolute Gasteiger partial charge is 0.202 e. The molecule has 0 bridgehead atoms. The third-order valence-corrected chi connectivity index (χ3v) is 4.45. The lowest BCUT2D eigenvalue weighted by molar-refractivity contribution is 0.300. The maximum Gasteiger partial charge on any atom is 0.202 e. The first-order valence-electron chi connectivity index (χ1n) is 6.97. The summed E-state index contributed by atoms with van der Waals surface area (Å²) in [5, 5.41) is 3.42. The molecule has 102 valence electrons. The van der Waals surface area contributed by atoms with E-state index in [-0.39, 0.29) is 0 Å². The number of aromatic nitrogens is 3. The van der Waals surface area contributed by atoms with Gasteiger partial charge in [-0.1, -0.05) is 19.8 Å². The number of pyridine rings is 1. The van der Waals surface area contributed by atoms with Crippen molar-refractivity contribution >= 4 is 33.0 Å². The minimum Gasteiger partial charge on any atom is -0.355 e. The van der Waals surface area contributed by atoms with Crippen molar-refractivity contribution in [3.05, 3.63) is 16.7 Å². The van der Waals surface area contributed by atoms with Gasteiger partial charge in [-0.25, -0.2) is 4.98 Å². The Labute approximate surface area is 121 Å². The molecule has 0 radical (unpaired) electrons. The predicted molar refractivity (Wildman–Crippen MR) is 81.2 cm³/mol. The monoisotopic (exact) mass is 322 g/mol. The van der Waals surface area contributed by atoms with Crippen LogP contribution in [0.15, 0.2) is 16.7 Å². The van der Waals surface area contributed by atoms with Crippen molar-refractivity contribution in [2.75, 3.05) is 11.9 Å². The summed E-state index contributed by atoms with van der Waals surface area (Å²) in [6.45, 7) is 3.36. The molecule has 1 aliphatic rings. The zero-order valence-electron chi connectivity index (χ0n) is 11.1. The van der Waals surface area contributed by atoms with E-state index in [1.807, 2.05) is 12.1 Å². The Morgan fingerprint density at radius 1 is 1.26 bits per heavy atom. The lowest BCUT2D eigenvalue weighted by Crippen LogP contribution is -2.20. The summed E-state index contributed by atoms with van der Waals surface area (Å²) in [4.78, 5) is 12.1. The van der Waals surface area contributed by atoms with E-state index in [0.29, 0.717) is 0 Å². The molecule has 2 N–H and O–H groups in total. The summed E-state index contributed by atoms with van der Waals surface area (Å²) in [5.74, 6) is 2.52. The predicted octanol–water partition coefficient (Wildman–Crippen LogP) is 3.96. The molecule has 1 saturated carbocycles. The Morgan fingerprint density at radius 2 is 2.05 bits per heavy atom. The van der Waals surface area contributed by atoms with Crippen LogP contribution in [-0.4, -0.2) is 21.5 Å². The largest absolute Gasteiger partial charge is 0.355 e. The number of fused-ring (bicyclic) bond motifs is 1. The molecule has 4 nitrogen and oxygen atoms in total. The fourth-order valence-electron chi connectivity index (χ4n) is 2.73. The second-order valence-corrected chi connectivity index (χ2v) is 6.41. The topological polar surface area (TPSA) is 53.6 Å². The third-order valence-electron chi connectivity index (χ3n) is 4.01. The summed E-state index contributed by atoms with van der Waals surface area (Å²) in [6.07, 6.45) is 5.39. The van der Waals surface area contributed by atoms with E-state index >= 15 is 0 Å². The number of anilines is 1. The third kappa shape index (κ3) is 3.08. The maximum atomic E-state index is 4.47. The summed E-state index contributed by atoms with van der Waals surface area (Å²) in [7, 11) is 0. The fourth-order valence-corrected chi connectivity index (χ4v) is 3.03. The number of hydrogen-bond acceptors (Lipinski definition) is 3. The molecule has 19 heavy (non-hydrogen) atoms. The van der Waals surface area contributed by atoms with Gasteiger partial charge in [0.25, 0.3) is 0 Å². The minimum atomic E-state index is 0.758. The highest BCUT2D eigenvalue weighted by molar-refractivity contribution is 9.10. The summed E-state index contributed by atoms with van der Waals surface area (Å²) in [5.41, 5.74) is 1.73. The van der Waals surface area contributed by atoms with Crippen molar-refractivity contribution in [3.63, 3.8) is 0 Å². The number of rotatable bonds is 3. The Bertz CT molecular complexity index is 558. The van der Waals surface area contributed by atoms with Crippen LogP contribution >= 0.6 is 15.9 Å². The summed E-state index contributed by atoms with van der Waals surface area (Å²) in [6, 6.07) is 3.92. The molecule has 0 aromatic carbocycles. The first-order chi connectivity index (χ1) is 9.20. The molecule has 2 heterocycles. The van der Waals surface area contributed by atoms with Crippen molar-refractivity contribution in [3.8, 4) is 0 Å². The average Bonchev–Trinajstić information content (AvgIpc) is 2.80. The lowest BCUT2D eigenvalue weighted by atomic mass is 9.83. The van der Waals surface area contributed by atoms with Crippen LogP contribution in [0, 0.1) is 11.8 Å². The number of imidazole rings is 1. The standard InChI is InChI=1S/C14H19BrN4/c1-9-2-4-10(5-3-9)8-16-14-17-11-6-7-12(15)18-13(11)19-14/h6-7,9-10H,2-5,8H2,1H3,(H2,16,17,18,19). The zero-order valence-corrected chi connectivity index (χ0v) is 12.7. The molecule has 0 spiro atoms. The lowest BCUT2D eigenvalue weighted by Gasteiger charge is -2.26. The molecular weight excluding hydrogens is 304 g/mol. The van der Waals surface area contributed by atoms with Crippen molar-refractivity contribution in [1.82, 2.24) is 15.0 Å². The molecule has 0 amide bonds. The minimum absolute atomic E-state index is 0.758. The van der Waals surface area contributed by atoms with Crippen LogP contribution in [0.3, 0.4) is 0 Å². The highest BCUT2D eigenvalue weighted by Crippen LogP contribution is 2.28. The molecule has 0 saturated heterocycles. The van der Waals surface area contributed by atoms with Gasteiger partial charge in [-0.3, -0.25) is 0 Å². The van der Waals surface area contributed by atoms with Gasteiger partial charge in [0, 0.05) is 6.54 Å². The number of hydrogen-bond donors (Lipinski definition) is 2. The van der Waals surface area contributed by atoms with Crippen molar-refractivity contribution in [1.29, 1.82) is 0 Å². The van der Waals surface area contributed by atoms with Crippen LogP contribution < -0.4 is 5.32 Å². The zero-order chi connectivity index (χ0) is 13.2. The van der Waals surface area contributed by atoms with Crippen LogP contribution in [0.4, 0.5) is 5.95 Å². The Kier molecular flexibility index (Phi) is 3.73. The molecule has 5 heteroatoms. The van der Waals surface area contributed by atoms with E-state index < -0.39 is 0 Å². The van der Waals surface area contributed by atoms with E-state index in [0.717, 1.165) is 40.1 Å². The molecule has 0 unspecified atom stereocenters. The van der Waals surface area contributed by atoms with Crippen molar-refractivity contribution in [2.45, 2.75) is 32.6 Å². The number of aromatic amines is 1.